The van der Waals surface area contributed by atoms with Crippen LogP contribution in [0.5, 0.6) is 0 Å². The molecule has 1 spiro atoms. The molecule has 3 aliphatic rings. The molecule has 3 rings (SSSR count). The molecule has 0 aromatic carbocycles. The van der Waals surface area contributed by atoms with Crippen molar-refractivity contribution in [2.24, 2.45) is 28.1 Å². The van der Waals surface area contributed by atoms with Crippen molar-refractivity contribution < 1.29 is 0 Å². The van der Waals surface area contributed by atoms with E-state index >= 15 is 0 Å². The van der Waals surface area contributed by atoms with Gasteiger partial charge in [0.15, 0.2) is 0 Å². The fourth-order valence-electron chi connectivity index (χ4n) is 5.80. The SMILES string of the molecule is CN1CCC2(CCC(C(C)(C)CCC(C)(C)C3CCNC3)C2)CC1. The summed E-state index contributed by atoms with van der Waals surface area (Å²) in [5.74, 6) is 1.84. The Labute approximate surface area is 151 Å². The Morgan fingerprint density at radius 2 is 1.54 bits per heavy atom. The molecular weight excluding hydrogens is 292 g/mol. The van der Waals surface area contributed by atoms with E-state index in [9.17, 15) is 0 Å². The van der Waals surface area contributed by atoms with E-state index in [1.54, 1.807) is 0 Å². The van der Waals surface area contributed by atoms with Gasteiger partial charge in [-0.25, -0.2) is 0 Å². The fraction of sp³-hybridized carbons (Fsp3) is 1.00. The first kappa shape index (κ1) is 18.7. The van der Waals surface area contributed by atoms with Gasteiger partial charge in [0.1, 0.15) is 0 Å². The molecule has 2 unspecified atom stereocenters. The van der Waals surface area contributed by atoms with Crippen LogP contribution in [-0.2, 0) is 0 Å². The van der Waals surface area contributed by atoms with Gasteiger partial charge in [-0.3, -0.25) is 0 Å². The molecule has 0 amide bonds. The molecule has 0 radical (unpaired) electrons. The van der Waals surface area contributed by atoms with E-state index in [-0.39, 0.29) is 0 Å². The molecule has 2 atom stereocenters. The predicted octanol–water partition coefficient (Wildman–Crippen LogP) is 4.94. The van der Waals surface area contributed by atoms with Crippen molar-refractivity contribution in [3.63, 3.8) is 0 Å². The van der Waals surface area contributed by atoms with Gasteiger partial charge in [-0.1, -0.05) is 27.7 Å². The third-order valence-electron chi connectivity index (χ3n) is 8.43. The minimum Gasteiger partial charge on any atom is -0.316 e. The third-order valence-corrected chi connectivity index (χ3v) is 8.43. The van der Waals surface area contributed by atoms with Crippen LogP contribution >= 0.6 is 0 Å². The first-order valence-electron chi connectivity index (χ1n) is 10.6. The third kappa shape index (κ3) is 4.01. The maximum atomic E-state index is 3.57. The molecule has 0 aromatic rings. The van der Waals surface area contributed by atoms with Crippen molar-refractivity contribution in [2.45, 2.75) is 79.1 Å². The minimum absolute atomic E-state index is 0.505. The number of piperidine rings is 1. The Kier molecular flexibility index (Phi) is 5.39. The predicted molar refractivity (Wildman–Crippen MR) is 104 cm³/mol. The number of nitrogens with one attached hydrogen (secondary N) is 1. The van der Waals surface area contributed by atoms with Crippen LogP contribution in [0.25, 0.3) is 0 Å². The maximum absolute atomic E-state index is 3.57. The summed E-state index contributed by atoms with van der Waals surface area (Å²) in [4.78, 5) is 2.53. The second-order valence-corrected chi connectivity index (χ2v) is 10.9. The highest BCUT2D eigenvalue weighted by atomic mass is 15.1. The number of likely N-dealkylation sites (tertiary alicyclic amines) is 1. The summed E-state index contributed by atoms with van der Waals surface area (Å²) in [6.07, 6.45) is 11.6. The van der Waals surface area contributed by atoms with Gasteiger partial charge < -0.3 is 10.2 Å². The van der Waals surface area contributed by atoms with E-state index in [1.165, 1.54) is 77.5 Å². The summed E-state index contributed by atoms with van der Waals surface area (Å²) >= 11 is 0. The second-order valence-electron chi connectivity index (χ2n) is 10.9. The van der Waals surface area contributed by atoms with Gasteiger partial charge in [0.25, 0.3) is 0 Å². The Hall–Kier alpha value is -0.0800. The summed E-state index contributed by atoms with van der Waals surface area (Å²) in [6, 6.07) is 0. The monoisotopic (exact) mass is 334 g/mol. The van der Waals surface area contributed by atoms with Gasteiger partial charge in [0.05, 0.1) is 0 Å². The summed E-state index contributed by atoms with van der Waals surface area (Å²) in [5, 5.41) is 3.57. The van der Waals surface area contributed by atoms with E-state index in [4.69, 9.17) is 0 Å². The molecule has 2 nitrogen and oxygen atoms in total. The van der Waals surface area contributed by atoms with Gasteiger partial charge in [0, 0.05) is 0 Å². The number of hydrogen-bond donors (Lipinski definition) is 1. The van der Waals surface area contributed by atoms with Crippen LogP contribution in [0.1, 0.15) is 79.1 Å². The van der Waals surface area contributed by atoms with Crippen LogP contribution in [0.15, 0.2) is 0 Å². The average molecular weight is 335 g/mol. The normalized spacial score (nSPS) is 31.9. The van der Waals surface area contributed by atoms with Crippen molar-refractivity contribution in [3.05, 3.63) is 0 Å². The first-order chi connectivity index (χ1) is 11.2. The standard InChI is InChI=1S/C22H42N2/c1-20(2,9-10-21(3,4)19-7-13-23-17-19)18-6-8-22(16-18)11-14-24(5)15-12-22/h18-19,23H,6-17H2,1-5H3. The minimum atomic E-state index is 0.505. The van der Waals surface area contributed by atoms with Crippen LogP contribution in [0.4, 0.5) is 0 Å². The van der Waals surface area contributed by atoms with Crippen LogP contribution in [0, 0.1) is 28.1 Å². The molecule has 3 fully saturated rings. The Bertz CT molecular complexity index is 412. The van der Waals surface area contributed by atoms with Crippen LogP contribution in [-0.4, -0.2) is 38.1 Å². The van der Waals surface area contributed by atoms with Gasteiger partial charge >= 0.3 is 0 Å². The van der Waals surface area contributed by atoms with Crippen molar-refractivity contribution >= 4 is 0 Å². The molecule has 24 heavy (non-hydrogen) atoms. The van der Waals surface area contributed by atoms with Gasteiger partial charge in [-0.15, -0.1) is 0 Å². The van der Waals surface area contributed by atoms with Gasteiger partial charge in [-0.2, -0.15) is 0 Å². The number of nitrogens with zero attached hydrogens (tertiary/aromatic N) is 1. The lowest BCUT2D eigenvalue weighted by atomic mass is 9.66. The molecule has 2 heterocycles. The van der Waals surface area contributed by atoms with Crippen LogP contribution in [0.3, 0.4) is 0 Å². The zero-order chi connectivity index (χ0) is 17.4. The van der Waals surface area contributed by atoms with E-state index in [2.05, 4.69) is 45.0 Å². The van der Waals surface area contributed by atoms with Crippen LogP contribution < -0.4 is 5.32 Å². The average Bonchev–Trinajstić information content (AvgIpc) is 3.20. The molecule has 2 heteroatoms. The topological polar surface area (TPSA) is 15.3 Å². The van der Waals surface area contributed by atoms with E-state index < -0.39 is 0 Å². The summed E-state index contributed by atoms with van der Waals surface area (Å²) in [6.45, 7) is 15.3. The smallest absolute Gasteiger partial charge is 0.00149 e. The molecule has 140 valence electrons. The van der Waals surface area contributed by atoms with Gasteiger partial charge in [-0.05, 0) is 113 Å². The van der Waals surface area contributed by atoms with E-state index in [0.29, 0.717) is 16.2 Å². The first-order valence-corrected chi connectivity index (χ1v) is 10.6. The zero-order valence-electron chi connectivity index (χ0n) is 17.1. The number of rotatable bonds is 5. The maximum Gasteiger partial charge on any atom is -0.00149 e. The fourth-order valence-corrected chi connectivity index (χ4v) is 5.80. The molecule has 1 N–H and O–H groups in total. The summed E-state index contributed by atoms with van der Waals surface area (Å²) < 4.78 is 0. The van der Waals surface area contributed by atoms with Crippen LogP contribution in [0.2, 0.25) is 0 Å². The quantitative estimate of drug-likeness (QED) is 0.766. The summed E-state index contributed by atoms with van der Waals surface area (Å²) in [7, 11) is 2.29. The zero-order valence-corrected chi connectivity index (χ0v) is 17.1. The van der Waals surface area contributed by atoms with E-state index in [0.717, 1.165) is 11.8 Å². The van der Waals surface area contributed by atoms with Crippen molar-refractivity contribution in [1.29, 1.82) is 0 Å². The highest BCUT2D eigenvalue weighted by Gasteiger charge is 2.46. The van der Waals surface area contributed by atoms with Crippen molar-refractivity contribution in [3.8, 4) is 0 Å². The molecule has 2 aliphatic heterocycles. The molecule has 0 aromatic heterocycles. The Balaban J connectivity index is 1.54. The second kappa shape index (κ2) is 6.91. The molecule has 1 aliphatic carbocycles. The largest absolute Gasteiger partial charge is 0.316 e. The molecular formula is C22H42N2. The van der Waals surface area contributed by atoms with Crippen molar-refractivity contribution in [2.75, 3.05) is 33.2 Å². The Morgan fingerprint density at radius 1 is 0.917 bits per heavy atom. The highest BCUT2D eigenvalue weighted by molar-refractivity contribution is 4.97. The van der Waals surface area contributed by atoms with E-state index in [1.807, 2.05) is 0 Å². The lowest BCUT2D eigenvalue weighted by Gasteiger charge is -2.41. The lowest BCUT2D eigenvalue weighted by Crippen LogP contribution is -2.37. The van der Waals surface area contributed by atoms with Crippen molar-refractivity contribution in [1.82, 2.24) is 10.2 Å². The molecule has 0 bridgehead atoms. The molecule has 1 saturated carbocycles. The van der Waals surface area contributed by atoms with Gasteiger partial charge in [0.2, 0.25) is 0 Å². The molecule has 2 saturated heterocycles. The number of hydrogen-bond acceptors (Lipinski definition) is 2. The Morgan fingerprint density at radius 3 is 2.12 bits per heavy atom. The lowest BCUT2D eigenvalue weighted by molar-refractivity contribution is 0.0945. The highest BCUT2D eigenvalue weighted by Crippen LogP contribution is 2.55. The summed E-state index contributed by atoms with van der Waals surface area (Å²) in [5.41, 5.74) is 1.74.